The molecule has 1 N–H and O–H groups in total. The van der Waals surface area contributed by atoms with Gasteiger partial charge in [0.25, 0.3) is 5.91 Å². The van der Waals surface area contributed by atoms with Crippen LogP contribution in [0, 0.1) is 11.3 Å². The summed E-state index contributed by atoms with van der Waals surface area (Å²) < 4.78 is 36.8. The number of hydrogen-bond acceptors (Lipinski definition) is 6. The van der Waals surface area contributed by atoms with Crippen molar-refractivity contribution in [1.82, 2.24) is 19.1 Å². The van der Waals surface area contributed by atoms with Crippen molar-refractivity contribution >= 4 is 32.7 Å². The van der Waals surface area contributed by atoms with Crippen LogP contribution in [-0.4, -0.2) is 78.7 Å². The Morgan fingerprint density at radius 3 is 2.18 bits per heavy atom. The Bertz CT molecular complexity index is 1950. The molecule has 3 aromatic rings. The molecule has 0 radical (unpaired) electrons. The summed E-state index contributed by atoms with van der Waals surface area (Å²) in [5.41, 5.74) is 4.24. The smallest absolute Gasteiger partial charge is 0.264 e. The lowest BCUT2D eigenvalue weighted by Crippen LogP contribution is -2.56. The zero-order chi connectivity index (χ0) is 35.1. The van der Waals surface area contributed by atoms with E-state index in [1.54, 1.807) is 7.11 Å². The molecule has 272 valence electrons. The van der Waals surface area contributed by atoms with Gasteiger partial charge in [0.05, 0.1) is 23.0 Å². The zero-order valence-electron chi connectivity index (χ0n) is 30.2. The average molecular weight is 713 g/mol. The molecule has 2 bridgehead atoms. The van der Waals surface area contributed by atoms with Gasteiger partial charge in [0.1, 0.15) is 5.75 Å². The number of likely N-dealkylation sites (tertiary alicyclic amines) is 1. The average Bonchev–Trinajstić information content (AvgIpc) is 4.05. The summed E-state index contributed by atoms with van der Waals surface area (Å²) in [4.78, 5) is 33.2. The Kier molecular flexibility index (Phi) is 8.11. The molecule has 4 aliphatic carbocycles. The first-order valence-corrected chi connectivity index (χ1v) is 21.0. The molecule has 10 heteroatoms. The molecule has 2 aliphatic heterocycles. The van der Waals surface area contributed by atoms with E-state index in [0.29, 0.717) is 43.2 Å². The second-order valence-corrected chi connectivity index (χ2v) is 19.1. The fourth-order valence-corrected chi connectivity index (χ4v) is 11.7. The molecule has 2 aromatic carbocycles. The number of nitrogens with zero attached hydrogens (tertiary/aromatic N) is 3. The molecule has 9 rings (SSSR count). The van der Waals surface area contributed by atoms with Crippen molar-refractivity contribution < 1.29 is 22.7 Å². The Hall–Kier alpha value is -3.37. The number of carbonyl (C=O) groups excluding carboxylic acids is 2. The number of ether oxygens (including phenoxy) is 1. The van der Waals surface area contributed by atoms with Gasteiger partial charge in [-0.2, -0.15) is 0 Å². The highest BCUT2D eigenvalue weighted by Crippen LogP contribution is 2.54. The number of hydrogen-bond donors (Lipinski definition) is 1. The number of sulfonamides is 1. The molecule has 6 aliphatic rings. The first kappa shape index (κ1) is 33.5. The van der Waals surface area contributed by atoms with Gasteiger partial charge in [-0.3, -0.25) is 9.59 Å². The van der Waals surface area contributed by atoms with Gasteiger partial charge in [0.2, 0.25) is 15.9 Å². The van der Waals surface area contributed by atoms with E-state index in [0.717, 1.165) is 92.4 Å². The SMILES string of the molecule is COc1ccc(-c2c(C3CCCCC3)c3ccc(C(=O)NS(=O)(=O)C4(CC5CC5)CC4)cc3n2CC2(C(=O)N3C4CCC3CN(C)C4)CC2)cc1. The molecule has 4 saturated carbocycles. The Balaban J connectivity index is 1.14. The summed E-state index contributed by atoms with van der Waals surface area (Å²) in [5, 5.41) is 1.10. The molecule has 3 heterocycles. The molecule has 9 nitrogen and oxygen atoms in total. The third kappa shape index (κ3) is 5.88. The first-order chi connectivity index (χ1) is 24.6. The molecule has 51 heavy (non-hydrogen) atoms. The van der Waals surface area contributed by atoms with Crippen LogP contribution in [0.1, 0.15) is 112 Å². The topological polar surface area (TPSA) is 101 Å². The minimum atomic E-state index is -3.81. The highest BCUT2D eigenvalue weighted by Gasteiger charge is 2.58. The summed E-state index contributed by atoms with van der Waals surface area (Å²) in [6.07, 6.45) is 13.7. The number of benzene rings is 2. The van der Waals surface area contributed by atoms with Crippen LogP contribution in [0.15, 0.2) is 42.5 Å². The number of amides is 2. The van der Waals surface area contributed by atoms with E-state index >= 15 is 0 Å². The number of methoxy groups -OCH3 is 1. The predicted molar refractivity (Wildman–Crippen MR) is 198 cm³/mol. The Morgan fingerprint density at radius 2 is 1.57 bits per heavy atom. The normalized spacial score (nSPS) is 25.6. The van der Waals surface area contributed by atoms with E-state index in [4.69, 9.17) is 4.74 Å². The number of aromatic nitrogens is 1. The van der Waals surface area contributed by atoms with Gasteiger partial charge in [-0.05, 0) is 124 Å². The minimum Gasteiger partial charge on any atom is -0.497 e. The maximum absolute atomic E-state index is 14.7. The molecular weight excluding hydrogens is 661 g/mol. The molecule has 2 saturated heterocycles. The second kappa shape index (κ2) is 12.4. The quantitative estimate of drug-likeness (QED) is 0.234. The Labute approximate surface area is 302 Å². The summed E-state index contributed by atoms with van der Waals surface area (Å²) in [5.74, 6) is 1.33. The zero-order valence-corrected chi connectivity index (χ0v) is 31.0. The van der Waals surface area contributed by atoms with Crippen LogP contribution in [0.4, 0.5) is 0 Å². The third-order valence-electron chi connectivity index (χ3n) is 13.4. The van der Waals surface area contributed by atoms with E-state index in [-0.39, 0.29) is 18.0 Å². The number of carbonyl (C=O) groups is 2. The summed E-state index contributed by atoms with van der Waals surface area (Å²) >= 11 is 0. The van der Waals surface area contributed by atoms with Crippen LogP contribution in [0.3, 0.4) is 0 Å². The number of rotatable bonds is 11. The fourth-order valence-electron chi connectivity index (χ4n) is 10.0. The van der Waals surface area contributed by atoms with Crippen LogP contribution < -0.4 is 9.46 Å². The number of nitrogens with one attached hydrogen (secondary N) is 1. The van der Waals surface area contributed by atoms with Crippen molar-refractivity contribution in [2.75, 3.05) is 27.2 Å². The lowest BCUT2D eigenvalue weighted by molar-refractivity contribution is -0.143. The van der Waals surface area contributed by atoms with E-state index in [1.807, 2.05) is 30.3 Å². The Morgan fingerprint density at radius 1 is 0.882 bits per heavy atom. The van der Waals surface area contributed by atoms with Gasteiger partial charge in [-0.15, -0.1) is 0 Å². The summed E-state index contributed by atoms with van der Waals surface area (Å²) in [6, 6.07) is 14.5. The lowest BCUT2D eigenvalue weighted by atomic mass is 9.81. The molecule has 2 atom stereocenters. The van der Waals surface area contributed by atoms with E-state index in [1.165, 1.54) is 24.8 Å². The fraction of sp³-hybridized carbons (Fsp3) is 0.610. The number of fused-ring (bicyclic) bond motifs is 3. The van der Waals surface area contributed by atoms with Crippen molar-refractivity contribution in [2.45, 2.75) is 119 Å². The van der Waals surface area contributed by atoms with Crippen molar-refractivity contribution in [2.24, 2.45) is 11.3 Å². The monoisotopic (exact) mass is 712 g/mol. The first-order valence-electron chi connectivity index (χ1n) is 19.5. The van der Waals surface area contributed by atoms with Crippen LogP contribution >= 0.6 is 0 Å². The standard InChI is InChI=1S/C41H52N4O5S/c1-43-24-31-13-14-32(25-43)45(31)39(47)40(18-19-40)26-44-35-22-30(38(46)42-51(48,49)41(20-21-41)23-27-8-9-27)12-17-34(35)36(28-6-4-3-5-7-28)37(44)29-10-15-33(50-2)16-11-29/h10-12,15-17,22,27-28,31-32H,3-9,13-14,18-21,23-26H2,1-2H3,(H,42,46). The molecule has 6 fully saturated rings. The maximum atomic E-state index is 14.7. The highest BCUT2D eigenvalue weighted by molar-refractivity contribution is 7.91. The molecule has 1 aromatic heterocycles. The van der Waals surface area contributed by atoms with E-state index < -0.39 is 26.1 Å². The molecule has 2 unspecified atom stereocenters. The molecular formula is C41H52N4O5S. The van der Waals surface area contributed by atoms with Crippen molar-refractivity contribution in [3.05, 3.63) is 53.6 Å². The van der Waals surface area contributed by atoms with E-state index in [9.17, 15) is 18.0 Å². The van der Waals surface area contributed by atoms with Crippen molar-refractivity contribution in [1.29, 1.82) is 0 Å². The van der Waals surface area contributed by atoms with Crippen LogP contribution in [0.25, 0.3) is 22.2 Å². The van der Waals surface area contributed by atoms with Gasteiger partial charge in [-0.25, -0.2) is 13.1 Å². The second-order valence-electron chi connectivity index (χ2n) is 17.0. The van der Waals surface area contributed by atoms with Gasteiger partial charge in [0, 0.05) is 48.2 Å². The van der Waals surface area contributed by atoms with Gasteiger partial charge < -0.3 is 19.1 Å². The van der Waals surface area contributed by atoms with Crippen LogP contribution in [-0.2, 0) is 21.4 Å². The van der Waals surface area contributed by atoms with Crippen LogP contribution in [0.2, 0.25) is 0 Å². The van der Waals surface area contributed by atoms with Crippen molar-refractivity contribution in [3.63, 3.8) is 0 Å². The summed E-state index contributed by atoms with van der Waals surface area (Å²) in [6.45, 7) is 2.39. The largest absolute Gasteiger partial charge is 0.497 e. The molecule has 2 amide bonds. The number of likely N-dealkylation sites (N-methyl/N-ethyl adjacent to an activating group) is 1. The van der Waals surface area contributed by atoms with Crippen molar-refractivity contribution in [3.8, 4) is 17.0 Å². The summed E-state index contributed by atoms with van der Waals surface area (Å²) in [7, 11) is 0.0338. The molecule has 0 spiro atoms. The maximum Gasteiger partial charge on any atom is 0.264 e. The van der Waals surface area contributed by atoms with Crippen LogP contribution in [0.5, 0.6) is 5.75 Å². The van der Waals surface area contributed by atoms with Gasteiger partial charge >= 0.3 is 0 Å². The van der Waals surface area contributed by atoms with Gasteiger partial charge in [0.15, 0.2) is 0 Å². The van der Waals surface area contributed by atoms with E-state index in [2.05, 4.69) is 38.3 Å². The highest BCUT2D eigenvalue weighted by atomic mass is 32.2. The van der Waals surface area contributed by atoms with Gasteiger partial charge in [-0.1, -0.05) is 38.2 Å². The third-order valence-corrected chi connectivity index (χ3v) is 15.5. The predicted octanol–water partition coefficient (Wildman–Crippen LogP) is 6.84. The number of piperazine rings is 1. The minimum absolute atomic E-state index is 0.269. The lowest BCUT2D eigenvalue weighted by Gasteiger charge is -2.41.